The Morgan fingerprint density at radius 1 is 0.600 bits per heavy atom. The highest BCUT2D eigenvalue weighted by atomic mass is 15.2. The van der Waals surface area contributed by atoms with E-state index in [9.17, 15) is 0 Å². The van der Waals surface area contributed by atoms with Gasteiger partial charge in [-0.1, -0.05) is 44.9 Å². The molecule has 2 fully saturated rings. The molecule has 0 saturated heterocycles. The molecule has 2 saturated carbocycles. The highest BCUT2D eigenvalue weighted by Crippen LogP contribution is 2.28. The molecule has 0 aromatic rings. The van der Waals surface area contributed by atoms with Gasteiger partial charge in [-0.15, -0.1) is 0 Å². The summed E-state index contributed by atoms with van der Waals surface area (Å²) in [5.41, 5.74) is 0. The Bertz CT molecular complexity index is 164. The monoisotopic (exact) mass is 209 g/mol. The van der Waals surface area contributed by atoms with Crippen LogP contribution in [0.5, 0.6) is 0 Å². The molecular formula is C14H27N. The quantitative estimate of drug-likeness (QED) is 0.622. The van der Waals surface area contributed by atoms with Crippen LogP contribution in [-0.4, -0.2) is 24.0 Å². The van der Waals surface area contributed by atoms with Crippen molar-refractivity contribution in [2.24, 2.45) is 0 Å². The standard InChI is InChI=1S/C14H27N/c1-15(14-11-7-4-8-12-14)13-9-5-2-3-6-10-13/h13-14H,2-12H2,1H3. The van der Waals surface area contributed by atoms with E-state index in [0.29, 0.717) is 0 Å². The van der Waals surface area contributed by atoms with Gasteiger partial charge in [0.15, 0.2) is 0 Å². The van der Waals surface area contributed by atoms with Crippen molar-refractivity contribution in [3.8, 4) is 0 Å². The van der Waals surface area contributed by atoms with E-state index in [1.54, 1.807) is 0 Å². The Morgan fingerprint density at radius 2 is 0.933 bits per heavy atom. The number of hydrogen-bond acceptors (Lipinski definition) is 1. The maximum atomic E-state index is 2.74. The van der Waals surface area contributed by atoms with Crippen LogP contribution < -0.4 is 0 Å². The van der Waals surface area contributed by atoms with Crippen molar-refractivity contribution in [3.63, 3.8) is 0 Å². The maximum absolute atomic E-state index is 2.74. The lowest BCUT2D eigenvalue weighted by molar-refractivity contribution is 0.126. The summed E-state index contributed by atoms with van der Waals surface area (Å²) in [6.07, 6.45) is 16.2. The summed E-state index contributed by atoms with van der Waals surface area (Å²) < 4.78 is 0. The summed E-state index contributed by atoms with van der Waals surface area (Å²) in [6.45, 7) is 0. The van der Waals surface area contributed by atoms with Crippen LogP contribution in [0.15, 0.2) is 0 Å². The third-order valence-corrected chi connectivity index (χ3v) is 4.55. The lowest BCUT2D eigenvalue weighted by Gasteiger charge is -2.37. The van der Waals surface area contributed by atoms with Crippen LogP contribution in [0.25, 0.3) is 0 Å². The largest absolute Gasteiger partial charge is 0.300 e. The highest BCUT2D eigenvalue weighted by molar-refractivity contribution is 4.80. The molecule has 2 rings (SSSR count). The van der Waals surface area contributed by atoms with Crippen LogP contribution in [0.1, 0.15) is 70.6 Å². The molecule has 2 aliphatic rings. The van der Waals surface area contributed by atoms with Crippen molar-refractivity contribution in [2.45, 2.75) is 82.7 Å². The minimum Gasteiger partial charge on any atom is -0.300 e. The molecule has 0 aromatic carbocycles. The van der Waals surface area contributed by atoms with E-state index in [1.807, 2.05) is 0 Å². The van der Waals surface area contributed by atoms with Crippen LogP contribution >= 0.6 is 0 Å². The molecule has 1 nitrogen and oxygen atoms in total. The second-order valence-electron chi connectivity index (χ2n) is 5.60. The molecule has 0 bridgehead atoms. The lowest BCUT2D eigenvalue weighted by Crippen LogP contribution is -2.41. The zero-order chi connectivity index (χ0) is 10.5. The maximum Gasteiger partial charge on any atom is 0.00951 e. The average molecular weight is 209 g/mol. The zero-order valence-corrected chi connectivity index (χ0v) is 10.4. The second kappa shape index (κ2) is 5.89. The normalized spacial score (nSPS) is 26.8. The van der Waals surface area contributed by atoms with Crippen molar-refractivity contribution in [2.75, 3.05) is 7.05 Å². The Morgan fingerprint density at radius 3 is 1.33 bits per heavy atom. The molecular weight excluding hydrogens is 182 g/mol. The van der Waals surface area contributed by atoms with E-state index in [-0.39, 0.29) is 0 Å². The van der Waals surface area contributed by atoms with Gasteiger partial charge in [0.2, 0.25) is 0 Å². The first-order valence-corrected chi connectivity index (χ1v) is 7.10. The van der Waals surface area contributed by atoms with Crippen LogP contribution in [0.4, 0.5) is 0 Å². The summed E-state index contributed by atoms with van der Waals surface area (Å²) in [7, 11) is 2.39. The molecule has 88 valence electrons. The summed E-state index contributed by atoms with van der Waals surface area (Å²) in [5, 5.41) is 0. The molecule has 0 aromatic heterocycles. The minimum absolute atomic E-state index is 0.913. The van der Waals surface area contributed by atoms with Crippen LogP contribution in [0.3, 0.4) is 0 Å². The van der Waals surface area contributed by atoms with Gasteiger partial charge >= 0.3 is 0 Å². The lowest BCUT2D eigenvalue weighted by atomic mass is 9.92. The van der Waals surface area contributed by atoms with E-state index in [0.717, 1.165) is 12.1 Å². The third-order valence-electron chi connectivity index (χ3n) is 4.55. The Labute approximate surface area is 95.2 Å². The Hall–Kier alpha value is -0.0400. The van der Waals surface area contributed by atoms with Gasteiger partial charge in [0, 0.05) is 12.1 Å². The van der Waals surface area contributed by atoms with Gasteiger partial charge < -0.3 is 4.90 Å². The number of hydrogen-bond donors (Lipinski definition) is 0. The van der Waals surface area contributed by atoms with Crippen molar-refractivity contribution in [1.29, 1.82) is 0 Å². The molecule has 0 radical (unpaired) electrons. The number of rotatable bonds is 2. The fourth-order valence-electron chi connectivity index (χ4n) is 3.45. The first-order valence-electron chi connectivity index (χ1n) is 7.10. The zero-order valence-electron chi connectivity index (χ0n) is 10.4. The fraction of sp³-hybridized carbons (Fsp3) is 1.00. The van der Waals surface area contributed by atoms with Crippen LogP contribution in [0.2, 0.25) is 0 Å². The molecule has 15 heavy (non-hydrogen) atoms. The predicted octanol–water partition coefficient (Wildman–Crippen LogP) is 3.97. The van der Waals surface area contributed by atoms with E-state index >= 15 is 0 Å². The van der Waals surface area contributed by atoms with E-state index in [1.165, 1.54) is 70.6 Å². The molecule has 0 amide bonds. The molecule has 0 atom stereocenters. The Kier molecular flexibility index (Phi) is 4.49. The Balaban J connectivity index is 1.83. The van der Waals surface area contributed by atoms with E-state index < -0.39 is 0 Å². The topological polar surface area (TPSA) is 3.24 Å². The molecule has 0 unspecified atom stereocenters. The smallest absolute Gasteiger partial charge is 0.00951 e. The first-order chi connectivity index (χ1) is 7.38. The predicted molar refractivity (Wildman–Crippen MR) is 66.1 cm³/mol. The second-order valence-corrected chi connectivity index (χ2v) is 5.60. The minimum atomic E-state index is 0.913. The summed E-state index contributed by atoms with van der Waals surface area (Å²) in [6, 6.07) is 1.83. The van der Waals surface area contributed by atoms with Gasteiger partial charge in [-0.05, 0) is 32.7 Å². The van der Waals surface area contributed by atoms with Gasteiger partial charge in [0.1, 0.15) is 0 Å². The van der Waals surface area contributed by atoms with Crippen molar-refractivity contribution >= 4 is 0 Å². The van der Waals surface area contributed by atoms with Crippen LogP contribution in [-0.2, 0) is 0 Å². The van der Waals surface area contributed by atoms with Crippen molar-refractivity contribution < 1.29 is 0 Å². The fourth-order valence-corrected chi connectivity index (χ4v) is 3.45. The first kappa shape index (κ1) is 11.4. The van der Waals surface area contributed by atoms with Gasteiger partial charge in [-0.3, -0.25) is 0 Å². The molecule has 1 heteroatoms. The molecule has 0 spiro atoms. The average Bonchev–Trinajstić information content (AvgIpc) is 2.58. The molecule has 0 aliphatic heterocycles. The van der Waals surface area contributed by atoms with Gasteiger partial charge in [-0.25, -0.2) is 0 Å². The van der Waals surface area contributed by atoms with E-state index in [2.05, 4.69) is 11.9 Å². The summed E-state index contributed by atoms with van der Waals surface area (Å²) in [5.74, 6) is 0. The molecule has 0 N–H and O–H groups in total. The van der Waals surface area contributed by atoms with Gasteiger partial charge in [-0.2, -0.15) is 0 Å². The molecule has 0 heterocycles. The van der Waals surface area contributed by atoms with E-state index in [4.69, 9.17) is 0 Å². The van der Waals surface area contributed by atoms with Crippen molar-refractivity contribution in [3.05, 3.63) is 0 Å². The SMILES string of the molecule is CN(C1CCCCCC1)C1CCCCC1. The summed E-state index contributed by atoms with van der Waals surface area (Å²) in [4.78, 5) is 2.74. The van der Waals surface area contributed by atoms with Gasteiger partial charge in [0.25, 0.3) is 0 Å². The highest BCUT2D eigenvalue weighted by Gasteiger charge is 2.24. The van der Waals surface area contributed by atoms with Crippen molar-refractivity contribution in [1.82, 2.24) is 4.90 Å². The molecule has 2 aliphatic carbocycles. The number of nitrogens with zero attached hydrogens (tertiary/aromatic N) is 1. The van der Waals surface area contributed by atoms with Crippen LogP contribution in [0, 0.1) is 0 Å². The third kappa shape index (κ3) is 3.21. The van der Waals surface area contributed by atoms with Gasteiger partial charge in [0.05, 0.1) is 0 Å². The summed E-state index contributed by atoms with van der Waals surface area (Å²) >= 11 is 0.